The van der Waals surface area contributed by atoms with Gasteiger partial charge in [0.2, 0.25) is 5.91 Å². The molecule has 8 nitrogen and oxygen atoms in total. The number of pyridine rings is 1. The number of rotatable bonds is 5. The molecular formula is C21H23N7OS. The predicted molar refractivity (Wildman–Crippen MR) is 118 cm³/mol. The quantitative estimate of drug-likeness (QED) is 0.510. The maximum Gasteiger partial charge on any atom is 0.225 e. The molecule has 0 aromatic carbocycles. The van der Waals surface area contributed by atoms with Crippen molar-refractivity contribution >= 4 is 50.0 Å². The summed E-state index contributed by atoms with van der Waals surface area (Å²) >= 11 is 1.68. The van der Waals surface area contributed by atoms with Gasteiger partial charge in [0, 0.05) is 29.8 Å². The van der Waals surface area contributed by atoms with Crippen LogP contribution < -0.4 is 5.32 Å². The third kappa shape index (κ3) is 3.28. The van der Waals surface area contributed by atoms with Crippen LogP contribution in [0, 0.1) is 5.92 Å². The van der Waals surface area contributed by atoms with E-state index in [4.69, 9.17) is 0 Å². The average Bonchev–Trinajstić information content (AvgIpc) is 3.37. The van der Waals surface area contributed by atoms with E-state index < -0.39 is 0 Å². The first-order valence-corrected chi connectivity index (χ1v) is 11.0. The fourth-order valence-corrected chi connectivity index (χ4v) is 5.48. The zero-order valence-corrected chi connectivity index (χ0v) is 17.8. The summed E-state index contributed by atoms with van der Waals surface area (Å²) in [4.78, 5) is 30.3. The summed E-state index contributed by atoms with van der Waals surface area (Å²) in [6.45, 7) is 2.91. The first-order chi connectivity index (χ1) is 14.6. The van der Waals surface area contributed by atoms with Gasteiger partial charge in [-0.2, -0.15) is 5.10 Å². The summed E-state index contributed by atoms with van der Waals surface area (Å²) in [5.41, 5.74) is 2.89. The number of aryl methyl sites for hydroxylation is 1. The molecule has 154 valence electrons. The maximum atomic E-state index is 12.8. The summed E-state index contributed by atoms with van der Waals surface area (Å²) in [6.07, 6.45) is 8.61. The average molecular weight is 422 g/mol. The van der Waals surface area contributed by atoms with E-state index in [0.717, 1.165) is 65.0 Å². The SMILES string of the molecule is CCCN(C)C(=O)[C@H]1CCc2c(sc3ncnc(Nc4cnc5[nH]ncc5c4)c23)C1. The Hall–Kier alpha value is -3.07. The van der Waals surface area contributed by atoms with Crippen molar-refractivity contribution in [3.8, 4) is 0 Å². The zero-order valence-electron chi connectivity index (χ0n) is 17.0. The number of fused-ring (bicyclic) bond motifs is 4. The van der Waals surface area contributed by atoms with E-state index in [1.807, 2.05) is 18.0 Å². The number of nitrogens with one attached hydrogen (secondary N) is 2. The summed E-state index contributed by atoms with van der Waals surface area (Å²) in [7, 11) is 1.91. The molecular weight excluding hydrogens is 398 g/mol. The van der Waals surface area contributed by atoms with E-state index >= 15 is 0 Å². The molecule has 1 aliphatic rings. The molecule has 1 aliphatic carbocycles. The molecule has 0 bridgehead atoms. The minimum atomic E-state index is 0.0548. The molecule has 30 heavy (non-hydrogen) atoms. The van der Waals surface area contributed by atoms with Crippen LogP contribution in [0.2, 0.25) is 0 Å². The lowest BCUT2D eigenvalue weighted by Crippen LogP contribution is -2.35. The number of carbonyl (C=O) groups is 1. The van der Waals surface area contributed by atoms with Crippen LogP contribution >= 0.6 is 11.3 Å². The normalized spacial score (nSPS) is 16.0. The number of aromatic amines is 1. The molecule has 4 aromatic heterocycles. The van der Waals surface area contributed by atoms with Crippen molar-refractivity contribution in [3.05, 3.63) is 35.2 Å². The fourth-order valence-electron chi connectivity index (χ4n) is 4.21. The molecule has 2 N–H and O–H groups in total. The van der Waals surface area contributed by atoms with Gasteiger partial charge in [-0.15, -0.1) is 11.3 Å². The van der Waals surface area contributed by atoms with Crippen molar-refractivity contribution in [1.29, 1.82) is 0 Å². The van der Waals surface area contributed by atoms with Gasteiger partial charge >= 0.3 is 0 Å². The largest absolute Gasteiger partial charge is 0.346 e. The molecule has 4 aromatic rings. The van der Waals surface area contributed by atoms with Crippen molar-refractivity contribution in [2.45, 2.75) is 32.6 Å². The number of nitrogens with zero attached hydrogens (tertiary/aromatic N) is 5. The fraction of sp³-hybridized carbons (Fsp3) is 0.381. The second-order valence-electron chi connectivity index (χ2n) is 7.76. The molecule has 1 atom stereocenters. The van der Waals surface area contributed by atoms with Gasteiger partial charge in [0.15, 0.2) is 5.65 Å². The Balaban J connectivity index is 1.46. The van der Waals surface area contributed by atoms with E-state index in [1.54, 1.807) is 30.1 Å². The third-order valence-corrected chi connectivity index (χ3v) is 6.85. The van der Waals surface area contributed by atoms with Gasteiger partial charge < -0.3 is 10.2 Å². The minimum Gasteiger partial charge on any atom is -0.346 e. The zero-order chi connectivity index (χ0) is 20.7. The Kier molecular flexibility index (Phi) is 4.82. The van der Waals surface area contributed by atoms with E-state index in [0.29, 0.717) is 0 Å². The number of amides is 1. The standard InChI is InChI=1S/C21H23N7OS/c1-3-6-28(2)21(29)12-4-5-15-16(8-12)30-20-17(15)19(23-11-24-20)26-14-7-13-9-25-27-18(13)22-10-14/h7,9-12H,3-6,8H2,1-2H3,(H,22,25,27)(H,23,24,26)/t12-/m0/s1. The smallest absolute Gasteiger partial charge is 0.225 e. The van der Waals surface area contributed by atoms with Crippen molar-refractivity contribution in [2.75, 3.05) is 18.9 Å². The summed E-state index contributed by atoms with van der Waals surface area (Å²) < 4.78 is 0. The molecule has 0 saturated carbocycles. The Morgan fingerprint density at radius 1 is 1.33 bits per heavy atom. The van der Waals surface area contributed by atoms with Crippen molar-refractivity contribution in [2.24, 2.45) is 5.92 Å². The summed E-state index contributed by atoms with van der Waals surface area (Å²) in [5, 5.41) is 12.3. The molecule has 0 radical (unpaired) electrons. The van der Waals surface area contributed by atoms with Crippen LogP contribution in [0.5, 0.6) is 0 Å². The van der Waals surface area contributed by atoms with Gasteiger partial charge in [0.25, 0.3) is 0 Å². The van der Waals surface area contributed by atoms with Crippen LogP contribution in [0.4, 0.5) is 11.5 Å². The number of aromatic nitrogens is 5. The van der Waals surface area contributed by atoms with Crippen LogP contribution in [0.3, 0.4) is 0 Å². The first-order valence-electron chi connectivity index (χ1n) is 10.2. The molecule has 0 fully saturated rings. The molecule has 1 amide bonds. The summed E-state index contributed by atoms with van der Waals surface area (Å²) in [6, 6.07) is 2.00. The third-order valence-electron chi connectivity index (χ3n) is 5.68. The van der Waals surface area contributed by atoms with Gasteiger partial charge in [-0.1, -0.05) is 6.92 Å². The van der Waals surface area contributed by atoms with Crippen molar-refractivity contribution in [1.82, 2.24) is 30.0 Å². The lowest BCUT2D eigenvalue weighted by molar-refractivity contribution is -0.134. The van der Waals surface area contributed by atoms with E-state index in [-0.39, 0.29) is 11.8 Å². The predicted octanol–water partition coefficient (Wildman–Crippen LogP) is 3.68. The van der Waals surface area contributed by atoms with Crippen molar-refractivity contribution in [3.63, 3.8) is 0 Å². The highest BCUT2D eigenvalue weighted by atomic mass is 32.1. The van der Waals surface area contributed by atoms with Crippen molar-refractivity contribution < 1.29 is 4.79 Å². The highest BCUT2D eigenvalue weighted by Crippen LogP contribution is 2.40. The first kappa shape index (κ1) is 18.9. The Labute approximate surface area is 177 Å². The topological polar surface area (TPSA) is 99.7 Å². The minimum absolute atomic E-state index is 0.0548. The van der Waals surface area contributed by atoms with Gasteiger partial charge in [0.1, 0.15) is 17.0 Å². The molecule has 0 aliphatic heterocycles. The number of H-pyrrole nitrogens is 1. The van der Waals surface area contributed by atoms with E-state index in [2.05, 4.69) is 37.4 Å². The Morgan fingerprint density at radius 3 is 3.10 bits per heavy atom. The van der Waals surface area contributed by atoms with Crippen LogP contribution in [0.1, 0.15) is 30.2 Å². The van der Waals surface area contributed by atoms with Gasteiger partial charge in [0.05, 0.1) is 23.5 Å². The highest BCUT2D eigenvalue weighted by Gasteiger charge is 2.30. The summed E-state index contributed by atoms with van der Waals surface area (Å²) in [5.74, 6) is 1.10. The number of hydrogen-bond donors (Lipinski definition) is 2. The second kappa shape index (κ2) is 7.64. The van der Waals surface area contributed by atoms with E-state index in [1.165, 1.54) is 10.4 Å². The van der Waals surface area contributed by atoms with Crippen LogP contribution in [0.15, 0.2) is 24.8 Å². The second-order valence-corrected chi connectivity index (χ2v) is 8.85. The molecule has 0 spiro atoms. The lowest BCUT2D eigenvalue weighted by atomic mass is 9.87. The molecule has 5 rings (SSSR count). The number of hydrogen-bond acceptors (Lipinski definition) is 7. The van der Waals surface area contributed by atoms with Crippen LogP contribution in [-0.4, -0.2) is 49.5 Å². The molecule has 4 heterocycles. The molecule has 0 saturated heterocycles. The maximum absolute atomic E-state index is 12.8. The lowest BCUT2D eigenvalue weighted by Gasteiger charge is -2.26. The number of anilines is 2. The Morgan fingerprint density at radius 2 is 2.23 bits per heavy atom. The van der Waals surface area contributed by atoms with Gasteiger partial charge in [-0.3, -0.25) is 9.89 Å². The van der Waals surface area contributed by atoms with Crippen LogP contribution in [0.25, 0.3) is 21.3 Å². The highest BCUT2D eigenvalue weighted by molar-refractivity contribution is 7.19. The van der Waals surface area contributed by atoms with Gasteiger partial charge in [-0.25, -0.2) is 15.0 Å². The number of carbonyl (C=O) groups excluding carboxylic acids is 1. The Bertz CT molecular complexity index is 1230. The number of thiophene rings is 1. The van der Waals surface area contributed by atoms with Crippen LogP contribution in [-0.2, 0) is 17.6 Å². The monoisotopic (exact) mass is 421 g/mol. The van der Waals surface area contributed by atoms with E-state index in [9.17, 15) is 4.79 Å². The molecule has 0 unspecified atom stereocenters. The molecule has 9 heteroatoms. The van der Waals surface area contributed by atoms with Gasteiger partial charge in [-0.05, 0) is 37.3 Å².